The molecule has 1 aliphatic heterocycles. The lowest BCUT2D eigenvalue weighted by Crippen LogP contribution is -2.29. The van der Waals surface area contributed by atoms with Crippen molar-refractivity contribution in [2.75, 3.05) is 11.9 Å². The van der Waals surface area contributed by atoms with E-state index in [2.05, 4.69) is 31.3 Å². The van der Waals surface area contributed by atoms with E-state index in [-0.39, 0.29) is 35.9 Å². The van der Waals surface area contributed by atoms with Gasteiger partial charge in [-0.3, -0.25) is 19.3 Å². The van der Waals surface area contributed by atoms with E-state index in [4.69, 9.17) is 11.6 Å². The third kappa shape index (κ3) is 5.92. The van der Waals surface area contributed by atoms with E-state index in [0.29, 0.717) is 27.2 Å². The highest BCUT2D eigenvalue weighted by atomic mass is 79.9. The Morgan fingerprint density at radius 1 is 1.23 bits per heavy atom. The first-order chi connectivity index (χ1) is 14.9. The second-order valence-electron chi connectivity index (χ2n) is 6.49. The quantitative estimate of drug-likeness (QED) is 0.132. The maximum atomic E-state index is 12.5. The van der Waals surface area contributed by atoms with Crippen molar-refractivity contribution in [1.82, 2.24) is 9.88 Å². The van der Waals surface area contributed by atoms with Gasteiger partial charge in [0.1, 0.15) is 10.4 Å². The molecule has 1 aromatic heterocycles. The van der Waals surface area contributed by atoms with Crippen molar-refractivity contribution in [2.24, 2.45) is 16.7 Å². The third-order valence-electron chi connectivity index (χ3n) is 4.31. The zero-order valence-electron chi connectivity index (χ0n) is 16.2. The number of thioether (sulfide) groups is 1. The number of benzene rings is 1. The SMILES string of the molecule is N/N=C(\N)c1ccc(NC(=O)CCCN2C(=O)S/C(=C\c3ccc(Br)nc3)C2=O)cc1. The Labute approximate surface area is 191 Å². The van der Waals surface area contributed by atoms with Gasteiger partial charge in [0, 0.05) is 30.4 Å². The van der Waals surface area contributed by atoms with Crippen LogP contribution in [0, 0.1) is 0 Å². The molecule has 11 heteroatoms. The average Bonchev–Trinajstić information content (AvgIpc) is 3.02. The van der Waals surface area contributed by atoms with Gasteiger partial charge in [0.2, 0.25) is 5.91 Å². The number of halogens is 1. The number of anilines is 1. The molecule has 0 saturated carbocycles. The number of hydrazone groups is 1. The number of nitrogens with zero attached hydrogens (tertiary/aromatic N) is 3. The van der Waals surface area contributed by atoms with Gasteiger partial charge in [-0.15, -0.1) is 0 Å². The number of aromatic nitrogens is 1. The summed E-state index contributed by atoms with van der Waals surface area (Å²) in [7, 11) is 0. The Bertz CT molecular complexity index is 1050. The van der Waals surface area contributed by atoms with E-state index in [1.807, 2.05) is 0 Å². The molecule has 31 heavy (non-hydrogen) atoms. The normalized spacial score (nSPS) is 15.6. The number of pyridine rings is 1. The van der Waals surface area contributed by atoms with Crippen LogP contribution in [0.25, 0.3) is 6.08 Å². The van der Waals surface area contributed by atoms with Crippen LogP contribution in [0.15, 0.2) is 57.2 Å². The highest BCUT2D eigenvalue weighted by Crippen LogP contribution is 2.32. The molecule has 2 heterocycles. The minimum absolute atomic E-state index is 0.158. The molecule has 1 aromatic carbocycles. The average molecular weight is 503 g/mol. The summed E-state index contributed by atoms with van der Waals surface area (Å²) < 4.78 is 0.681. The predicted molar refractivity (Wildman–Crippen MR) is 124 cm³/mol. The van der Waals surface area contributed by atoms with Crippen molar-refractivity contribution in [1.29, 1.82) is 0 Å². The maximum absolute atomic E-state index is 12.5. The van der Waals surface area contributed by atoms with E-state index in [1.54, 1.807) is 48.7 Å². The summed E-state index contributed by atoms with van der Waals surface area (Å²) in [6.07, 6.45) is 3.74. The van der Waals surface area contributed by atoms with Crippen molar-refractivity contribution >= 4 is 62.3 Å². The molecule has 0 spiro atoms. The molecular weight excluding hydrogens is 484 g/mol. The van der Waals surface area contributed by atoms with E-state index in [0.717, 1.165) is 22.2 Å². The Kier molecular flexibility index (Phi) is 7.42. The number of nitrogens with one attached hydrogen (secondary N) is 1. The van der Waals surface area contributed by atoms with Crippen LogP contribution in [0.4, 0.5) is 10.5 Å². The maximum Gasteiger partial charge on any atom is 0.293 e. The van der Waals surface area contributed by atoms with Gasteiger partial charge in [-0.05, 0) is 76.1 Å². The summed E-state index contributed by atoms with van der Waals surface area (Å²) in [6.45, 7) is 0.163. The molecule has 3 rings (SSSR count). The van der Waals surface area contributed by atoms with Crippen molar-refractivity contribution in [2.45, 2.75) is 12.8 Å². The van der Waals surface area contributed by atoms with E-state index < -0.39 is 0 Å². The van der Waals surface area contributed by atoms with Gasteiger partial charge in [-0.1, -0.05) is 6.07 Å². The van der Waals surface area contributed by atoms with Gasteiger partial charge in [-0.2, -0.15) is 5.10 Å². The lowest BCUT2D eigenvalue weighted by Gasteiger charge is -2.12. The second-order valence-corrected chi connectivity index (χ2v) is 8.30. The van der Waals surface area contributed by atoms with Gasteiger partial charge in [-0.25, -0.2) is 4.98 Å². The third-order valence-corrected chi connectivity index (χ3v) is 5.69. The van der Waals surface area contributed by atoms with E-state index in [1.165, 1.54) is 0 Å². The Hall–Kier alpha value is -3.18. The minimum Gasteiger partial charge on any atom is -0.382 e. The standard InChI is InChI=1S/C20H19BrN6O3S/c21-16-8-3-12(11-24-16)10-15-19(29)27(20(30)31-15)9-1-2-17(28)25-14-6-4-13(5-7-14)18(22)26-23/h3-8,10-11H,1-2,9,23H2,(H2,22,26)(H,25,28)/b15-10-. The zero-order valence-corrected chi connectivity index (χ0v) is 18.6. The molecule has 1 saturated heterocycles. The first kappa shape index (κ1) is 22.5. The summed E-state index contributed by atoms with van der Waals surface area (Å²) in [6, 6.07) is 10.3. The fourth-order valence-electron chi connectivity index (χ4n) is 2.74. The number of imide groups is 1. The Morgan fingerprint density at radius 2 is 1.97 bits per heavy atom. The Morgan fingerprint density at radius 3 is 2.61 bits per heavy atom. The van der Waals surface area contributed by atoms with Crippen LogP contribution in [0.3, 0.4) is 0 Å². The zero-order chi connectivity index (χ0) is 22.4. The second kappa shape index (κ2) is 10.2. The molecule has 3 amide bonds. The monoisotopic (exact) mass is 502 g/mol. The highest BCUT2D eigenvalue weighted by molar-refractivity contribution is 9.10. The van der Waals surface area contributed by atoms with Gasteiger partial charge in [0.15, 0.2) is 0 Å². The number of nitrogens with two attached hydrogens (primary N) is 2. The fourth-order valence-corrected chi connectivity index (χ4v) is 3.84. The van der Waals surface area contributed by atoms with E-state index in [9.17, 15) is 14.4 Å². The van der Waals surface area contributed by atoms with Crippen LogP contribution in [0.5, 0.6) is 0 Å². The van der Waals surface area contributed by atoms with Crippen LogP contribution in [-0.4, -0.2) is 39.3 Å². The van der Waals surface area contributed by atoms with Crippen LogP contribution < -0.4 is 16.9 Å². The summed E-state index contributed by atoms with van der Waals surface area (Å²) in [4.78, 5) is 42.5. The largest absolute Gasteiger partial charge is 0.382 e. The van der Waals surface area contributed by atoms with Gasteiger partial charge in [0.05, 0.1) is 4.91 Å². The molecule has 9 nitrogen and oxygen atoms in total. The number of amides is 3. The topological polar surface area (TPSA) is 144 Å². The summed E-state index contributed by atoms with van der Waals surface area (Å²) in [5.74, 6) is 4.74. The van der Waals surface area contributed by atoms with Crippen LogP contribution >= 0.6 is 27.7 Å². The summed E-state index contributed by atoms with van der Waals surface area (Å²) >= 11 is 4.13. The number of hydrogen-bond donors (Lipinski definition) is 3. The van der Waals surface area contributed by atoms with Gasteiger partial charge in [0.25, 0.3) is 11.1 Å². The molecule has 5 N–H and O–H groups in total. The van der Waals surface area contributed by atoms with Crippen molar-refractivity contribution in [3.05, 3.63) is 63.2 Å². The first-order valence-electron chi connectivity index (χ1n) is 9.18. The van der Waals surface area contributed by atoms with Gasteiger partial charge < -0.3 is 16.9 Å². The molecule has 0 radical (unpaired) electrons. The number of amidine groups is 1. The minimum atomic E-state index is -0.368. The number of carbonyl (C=O) groups is 3. The highest BCUT2D eigenvalue weighted by Gasteiger charge is 2.34. The molecule has 0 aliphatic carbocycles. The smallest absolute Gasteiger partial charge is 0.293 e. The molecule has 0 unspecified atom stereocenters. The molecular formula is C20H19BrN6O3S. The van der Waals surface area contributed by atoms with Crippen LogP contribution in [0.1, 0.15) is 24.0 Å². The van der Waals surface area contributed by atoms with Crippen LogP contribution in [0.2, 0.25) is 0 Å². The number of rotatable bonds is 7. The first-order valence-corrected chi connectivity index (χ1v) is 10.8. The molecule has 2 aromatic rings. The number of carbonyl (C=O) groups excluding carboxylic acids is 3. The van der Waals surface area contributed by atoms with Gasteiger partial charge >= 0.3 is 0 Å². The predicted octanol–water partition coefficient (Wildman–Crippen LogP) is 2.88. The fraction of sp³-hybridized carbons (Fsp3) is 0.150. The molecule has 1 aliphatic rings. The van der Waals surface area contributed by atoms with Crippen molar-refractivity contribution in [3.8, 4) is 0 Å². The molecule has 1 fully saturated rings. The molecule has 160 valence electrons. The van der Waals surface area contributed by atoms with Crippen molar-refractivity contribution < 1.29 is 14.4 Å². The lowest BCUT2D eigenvalue weighted by atomic mass is 10.2. The summed E-state index contributed by atoms with van der Waals surface area (Å²) in [5, 5.41) is 5.81. The van der Waals surface area contributed by atoms with E-state index >= 15 is 0 Å². The Balaban J connectivity index is 1.50. The van der Waals surface area contributed by atoms with Crippen molar-refractivity contribution in [3.63, 3.8) is 0 Å². The summed E-state index contributed by atoms with van der Waals surface area (Å²) in [5.41, 5.74) is 7.58. The lowest BCUT2D eigenvalue weighted by molar-refractivity contribution is -0.123. The van der Waals surface area contributed by atoms with Crippen LogP contribution in [-0.2, 0) is 9.59 Å². The molecule has 0 atom stereocenters. The molecule has 0 bridgehead atoms. The number of hydrogen-bond acceptors (Lipinski definition) is 7.